The number of methoxy groups -OCH3 is 2. The topological polar surface area (TPSA) is 168 Å². The van der Waals surface area contributed by atoms with Gasteiger partial charge >= 0.3 is 0 Å². The number of hydrogen-bond donors (Lipinski definition) is 4. The van der Waals surface area contributed by atoms with E-state index in [9.17, 15) is 5.11 Å². The molecule has 55 heavy (non-hydrogen) atoms. The number of hydrogen-bond acceptors (Lipinski definition) is 15. The second-order valence-corrected chi connectivity index (χ2v) is 13.2. The van der Waals surface area contributed by atoms with Crippen molar-refractivity contribution in [2.24, 2.45) is 0 Å². The highest BCUT2D eigenvalue weighted by Gasteiger charge is 2.18. The molecular weight excluding hydrogens is 771 g/mol. The molecule has 0 saturated heterocycles. The van der Waals surface area contributed by atoms with E-state index in [4.69, 9.17) is 55.4 Å². The fraction of sp³-hybridized carbons (Fsp3) is 0.263. The summed E-state index contributed by atoms with van der Waals surface area (Å²) >= 11 is 17.0. The first-order valence-corrected chi connectivity index (χ1v) is 18.0. The first-order chi connectivity index (χ1) is 26.7. The monoisotopic (exact) mass is 808 g/mol. The van der Waals surface area contributed by atoms with Crippen LogP contribution in [0.4, 0.5) is 0 Å². The van der Waals surface area contributed by atoms with Crippen molar-refractivity contribution in [1.82, 2.24) is 30.9 Å². The molecule has 0 radical (unpaired) electrons. The van der Waals surface area contributed by atoms with Gasteiger partial charge < -0.3 is 47.9 Å². The van der Waals surface area contributed by atoms with Crippen molar-refractivity contribution < 1.29 is 37.3 Å². The normalized spacial score (nSPS) is 11.1. The number of nitrogens with zero attached hydrogens (tertiary/aromatic N) is 4. The molecule has 4 aromatic heterocycles. The summed E-state index contributed by atoms with van der Waals surface area (Å²) in [5.74, 6) is 2.42. The summed E-state index contributed by atoms with van der Waals surface area (Å²) in [6, 6.07) is 18.7. The Morgan fingerprint density at radius 1 is 0.655 bits per heavy atom. The van der Waals surface area contributed by atoms with Gasteiger partial charge in [-0.2, -0.15) is 9.97 Å². The van der Waals surface area contributed by atoms with Gasteiger partial charge in [0.15, 0.2) is 11.5 Å². The molecule has 0 unspecified atom stereocenters. The predicted molar refractivity (Wildman–Crippen MR) is 207 cm³/mol. The molecule has 0 amide bonds. The summed E-state index contributed by atoms with van der Waals surface area (Å²) in [5, 5.41) is 23.7. The Morgan fingerprint density at radius 2 is 1.15 bits per heavy atom. The van der Waals surface area contributed by atoms with Gasteiger partial charge in [0, 0.05) is 49.3 Å². The molecule has 0 fully saturated rings. The molecule has 0 aliphatic rings. The quantitative estimate of drug-likeness (QED) is 0.0492. The second kappa shape index (κ2) is 18.4. The van der Waals surface area contributed by atoms with Crippen molar-refractivity contribution >= 4 is 36.1 Å². The first-order valence-electron chi connectivity index (χ1n) is 16.9. The molecule has 0 spiro atoms. The summed E-state index contributed by atoms with van der Waals surface area (Å²) < 4.78 is 38.3. The van der Waals surface area contributed by atoms with Gasteiger partial charge in [-0.15, -0.1) is 0 Å². The van der Waals surface area contributed by atoms with Gasteiger partial charge in [0.05, 0.1) is 27.3 Å². The smallest absolute Gasteiger partial charge is 0.267 e. The van der Waals surface area contributed by atoms with Crippen LogP contribution in [-0.4, -0.2) is 39.6 Å². The SMILES string of the molecule is COc1nc(OCc2cccc(-c3cccc(COc4nc(OC)c(CNCc5cc(OS)no5)cc4Cl)c3C)c2C)c(Cl)cc1CNCc1cc(O)no1. The number of benzene rings is 2. The third-order valence-corrected chi connectivity index (χ3v) is 9.40. The molecular formula is C38H38Cl2N6O8S. The van der Waals surface area contributed by atoms with Crippen molar-refractivity contribution in [3.8, 4) is 46.4 Å². The Hall–Kier alpha value is -5.19. The van der Waals surface area contributed by atoms with Crippen molar-refractivity contribution in [3.63, 3.8) is 0 Å². The van der Waals surface area contributed by atoms with Crippen molar-refractivity contribution in [2.75, 3.05) is 14.2 Å². The van der Waals surface area contributed by atoms with Gasteiger partial charge in [0.1, 0.15) is 23.3 Å². The molecule has 0 atom stereocenters. The predicted octanol–water partition coefficient (Wildman–Crippen LogP) is 7.73. The molecule has 6 aromatic rings. The lowest BCUT2D eigenvalue weighted by molar-refractivity contribution is 0.285. The number of nitrogens with one attached hydrogen (secondary N) is 2. The molecule has 0 aliphatic heterocycles. The molecule has 17 heteroatoms. The van der Waals surface area contributed by atoms with Crippen LogP contribution in [0.25, 0.3) is 11.1 Å². The van der Waals surface area contributed by atoms with Gasteiger partial charge in [0.25, 0.3) is 11.8 Å². The van der Waals surface area contributed by atoms with E-state index in [1.807, 2.05) is 24.3 Å². The van der Waals surface area contributed by atoms with Crippen LogP contribution in [0.3, 0.4) is 0 Å². The minimum Gasteiger partial charge on any atom is -0.491 e. The van der Waals surface area contributed by atoms with Crippen LogP contribution in [0, 0.1) is 13.8 Å². The van der Waals surface area contributed by atoms with Gasteiger partial charge in [-0.25, -0.2) is 0 Å². The average Bonchev–Trinajstić information content (AvgIpc) is 3.83. The van der Waals surface area contributed by atoms with Crippen LogP contribution >= 0.6 is 36.1 Å². The Kier molecular flexibility index (Phi) is 13.2. The summed E-state index contributed by atoms with van der Waals surface area (Å²) in [7, 11) is 3.07. The number of halogens is 2. The van der Waals surface area contributed by atoms with Gasteiger partial charge in [-0.05, 0) is 69.7 Å². The van der Waals surface area contributed by atoms with E-state index in [2.05, 4.69) is 69.8 Å². The number of pyridine rings is 2. The standard InChI is InChI=1S/C38H38Cl2N6O8S/c1-21-23(19-50-37-31(39)11-25(35(43-37)48-3)15-41-17-27-13-33(47)45-52-27)7-5-9-29(21)30-10-6-8-24(22(30)2)20-51-38-32(40)12-26(36(44-38)49-4)16-42-18-28-14-34(54-55)46-53-28/h5-14,41-42,55H,15-20H2,1-4H3,(H,45,47). The maximum atomic E-state index is 9.38. The van der Waals surface area contributed by atoms with Crippen molar-refractivity contribution in [2.45, 2.75) is 53.2 Å². The zero-order chi connectivity index (χ0) is 38.9. The highest BCUT2D eigenvalue weighted by Crippen LogP contribution is 2.34. The maximum Gasteiger partial charge on any atom is 0.267 e. The molecule has 0 aliphatic carbocycles. The Labute approximate surface area is 332 Å². The minimum absolute atomic E-state index is 0.176. The number of rotatable bonds is 18. The van der Waals surface area contributed by atoms with Crippen molar-refractivity contribution in [1.29, 1.82) is 0 Å². The van der Waals surface area contributed by atoms with Crippen LogP contribution < -0.4 is 33.8 Å². The van der Waals surface area contributed by atoms with Gasteiger partial charge in [0.2, 0.25) is 23.5 Å². The zero-order valence-electron chi connectivity index (χ0n) is 30.3. The third-order valence-electron chi connectivity index (χ3n) is 8.67. The zero-order valence-corrected chi connectivity index (χ0v) is 32.7. The Morgan fingerprint density at radius 3 is 1.58 bits per heavy atom. The Bertz CT molecular complexity index is 2250. The second-order valence-electron chi connectivity index (χ2n) is 12.2. The molecule has 0 bridgehead atoms. The number of aromatic nitrogens is 4. The fourth-order valence-corrected chi connectivity index (χ4v) is 6.34. The van der Waals surface area contributed by atoms with Gasteiger partial charge in [-0.3, -0.25) is 0 Å². The maximum absolute atomic E-state index is 9.38. The van der Waals surface area contributed by atoms with Crippen molar-refractivity contribution in [3.05, 3.63) is 116 Å². The van der Waals surface area contributed by atoms with E-state index in [-0.39, 0.29) is 36.7 Å². The molecule has 0 saturated carbocycles. The first kappa shape index (κ1) is 39.5. The van der Waals surface area contributed by atoms with E-state index in [0.717, 1.165) is 44.5 Å². The average molecular weight is 810 g/mol. The molecule has 2 aromatic carbocycles. The summed E-state index contributed by atoms with van der Waals surface area (Å²) in [4.78, 5) is 9.07. The van der Waals surface area contributed by atoms with E-state index >= 15 is 0 Å². The van der Waals surface area contributed by atoms with Crippen LogP contribution in [0.5, 0.6) is 35.3 Å². The summed E-state index contributed by atoms with van der Waals surface area (Å²) in [6.07, 6.45) is 0. The summed E-state index contributed by atoms with van der Waals surface area (Å²) in [6.45, 7) is 6.09. The number of ether oxygens (including phenoxy) is 4. The van der Waals surface area contributed by atoms with Crippen LogP contribution in [-0.2, 0) is 39.4 Å². The lowest BCUT2D eigenvalue weighted by atomic mass is 9.92. The van der Waals surface area contributed by atoms with Crippen LogP contribution in [0.15, 0.2) is 69.7 Å². The van der Waals surface area contributed by atoms with Crippen LogP contribution in [0.1, 0.15) is 44.9 Å². The lowest BCUT2D eigenvalue weighted by Gasteiger charge is -2.17. The van der Waals surface area contributed by atoms with E-state index in [1.54, 1.807) is 25.3 Å². The largest absolute Gasteiger partial charge is 0.491 e. The molecule has 4 heterocycles. The lowest BCUT2D eigenvalue weighted by Crippen LogP contribution is -2.14. The molecule has 14 nitrogen and oxygen atoms in total. The third kappa shape index (κ3) is 9.74. The van der Waals surface area contributed by atoms with E-state index < -0.39 is 0 Å². The molecule has 3 N–H and O–H groups in total. The van der Waals surface area contributed by atoms with E-state index in [0.29, 0.717) is 59.5 Å². The fourth-order valence-electron chi connectivity index (χ4n) is 5.80. The highest BCUT2D eigenvalue weighted by molar-refractivity contribution is 7.75. The molecule has 288 valence electrons. The van der Waals surface area contributed by atoms with Crippen LogP contribution in [0.2, 0.25) is 10.0 Å². The van der Waals surface area contributed by atoms with Gasteiger partial charge in [-0.1, -0.05) is 59.6 Å². The summed E-state index contributed by atoms with van der Waals surface area (Å²) in [5.41, 5.74) is 7.59. The highest BCUT2D eigenvalue weighted by atomic mass is 35.5. The minimum atomic E-state index is -0.176. The Balaban J connectivity index is 1.10. The molecule has 6 rings (SSSR count). The number of thiol groups is 1. The van der Waals surface area contributed by atoms with E-state index in [1.165, 1.54) is 13.2 Å². The number of aromatic hydroxyl groups is 1.